The summed E-state index contributed by atoms with van der Waals surface area (Å²) in [5.41, 5.74) is 0.138. The molecule has 3 aromatic rings. The highest BCUT2D eigenvalue weighted by atomic mass is 79.9. The summed E-state index contributed by atoms with van der Waals surface area (Å²) >= 11 is 3.26. The molecular formula is C22H20BrFO5S2. The van der Waals surface area contributed by atoms with Gasteiger partial charge >= 0.3 is 4.33 Å². The predicted molar refractivity (Wildman–Crippen MR) is 120 cm³/mol. The fraction of sp³-hybridized carbons (Fsp3) is 0.182. The maximum atomic E-state index is 17.1. The van der Waals surface area contributed by atoms with Gasteiger partial charge in [-0.25, -0.2) is 21.2 Å². The number of aliphatic hydroxyl groups excluding tert-OH is 1. The molecule has 31 heavy (non-hydrogen) atoms. The molecule has 164 valence electrons. The van der Waals surface area contributed by atoms with Crippen molar-refractivity contribution in [1.29, 1.82) is 0 Å². The maximum absolute atomic E-state index is 17.1. The average molecular weight is 527 g/mol. The molecule has 0 aromatic heterocycles. The first kappa shape index (κ1) is 23.6. The van der Waals surface area contributed by atoms with Crippen molar-refractivity contribution >= 4 is 35.6 Å². The smallest absolute Gasteiger partial charge is 0.324 e. The first-order valence-electron chi connectivity index (χ1n) is 9.31. The van der Waals surface area contributed by atoms with E-state index in [1.165, 1.54) is 36.4 Å². The molecule has 0 fully saturated rings. The first-order valence-corrected chi connectivity index (χ1v) is 13.1. The Morgan fingerprint density at radius 1 is 0.774 bits per heavy atom. The lowest BCUT2D eigenvalue weighted by molar-refractivity contribution is 0.232. The summed E-state index contributed by atoms with van der Waals surface area (Å²) in [7, 11) is -10.1. The molecule has 3 aromatic carbocycles. The van der Waals surface area contributed by atoms with Gasteiger partial charge in [-0.3, -0.25) is 0 Å². The second kappa shape index (κ2) is 9.20. The molecule has 0 aliphatic carbocycles. The molecule has 9 heteroatoms. The number of hydrogen-bond acceptors (Lipinski definition) is 5. The maximum Gasteiger partial charge on any atom is 0.324 e. The molecule has 3 rings (SSSR count). The lowest BCUT2D eigenvalue weighted by Gasteiger charge is -2.33. The minimum absolute atomic E-state index is 0.138. The van der Waals surface area contributed by atoms with Crippen LogP contribution in [0.3, 0.4) is 0 Å². The molecule has 0 saturated carbocycles. The van der Waals surface area contributed by atoms with Gasteiger partial charge in [-0.05, 0) is 48.4 Å². The van der Waals surface area contributed by atoms with Crippen LogP contribution in [0, 0.1) is 0 Å². The van der Waals surface area contributed by atoms with E-state index in [4.69, 9.17) is 0 Å². The third kappa shape index (κ3) is 4.19. The van der Waals surface area contributed by atoms with E-state index in [2.05, 4.69) is 15.9 Å². The summed E-state index contributed by atoms with van der Waals surface area (Å²) in [6.07, 6.45) is -0.420. The van der Waals surface area contributed by atoms with Gasteiger partial charge < -0.3 is 5.11 Å². The Balaban J connectivity index is 2.37. The highest BCUT2D eigenvalue weighted by molar-refractivity contribution is 9.10. The van der Waals surface area contributed by atoms with E-state index in [1.807, 2.05) is 0 Å². The van der Waals surface area contributed by atoms with Crippen molar-refractivity contribution in [3.63, 3.8) is 0 Å². The molecule has 1 N–H and O–H groups in total. The lowest BCUT2D eigenvalue weighted by atomic mass is 9.97. The van der Waals surface area contributed by atoms with Crippen molar-refractivity contribution in [2.24, 2.45) is 0 Å². The molecule has 1 atom stereocenters. The van der Waals surface area contributed by atoms with E-state index >= 15 is 4.39 Å². The number of benzene rings is 3. The molecule has 5 nitrogen and oxygen atoms in total. The van der Waals surface area contributed by atoms with Gasteiger partial charge in [0.05, 0.1) is 15.7 Å². The van der Waals surface area contributed by atoms with Crippen LogP contribution in [-0.2, 0) is 19.7 Å². The molecule has 0 aliphatic rings. The molecule has 0 saturated heterocycles. The molecule has 0 unspecified atom stereocenters. The lowest BCUT2D eigenvalue weighted by Crippen LogP contribution is -2.47. The summed E-state index contributed by atoms with van der Waals surface area (Å²) in [5, 5.41) is 9.62. The van der Waals surface area contributed by atoms with E-state index in [0.29, 0.717) is 4.47 Å². The first-order chi connectivity index (χ1) is 14.7. The average Bonchev–Trinajstić information content (AvgIpc) is 2.78. The number of alkyl halides is 1. The molecular weight excluding hydrogens is 507 g/mol. The van der Waals surface area contributed by atoms with Gasteiger partial charge in [-0.2, -0.15) is 0 Å². The van der Waals surface area contributed by atoms with Crippen LogP contribution in [0.4, 0.5) is 4.39 Å². The summed E-state index contributed by atoms with van der Waals surface area (Å²) < 4.78 is 68.3. The third-order valence-electron chi connectivity index (χ3n) is 4.95. The minimum atomic E-state index is -5.06. The molecule has 0 aliphatic heterocycles. The second-order valence-electron chi connectivity index (χ2n) is 6.83. The van der Waals surface area contributed by atoms with Crippen LogP contribution in [0.2, 0.25) is 0 Å². The van der Waals surface area contributed by atoms with Gasteiger partial charge in [0.25, 0.3) is 0 Å². The zero-order valence-electron chi connectivity index (χ0n) is 16.2. The van der Waals surface area contributed by atoms with Crippen molar-refractivity contribution in [2.45, 2.75) is 26.5 Å². The number of aliphatic hydroxyl groups is 1. The standard InChI is InChI=1S/C22H20BrFO5S2/c23-18-13-11-17(12-14-18)21(15-16-25)22(24,30(26,27)19-7-3-1-4-8-19)31(28,29)20-9-5-2-6-10-20/h1-14,21,25H,15-16H2/t21-/m0/s1. The number of rotatable bonds is 8. The molecule has 0 spiro atoms. The third-order valence-corrected chi connectivity index (χ3v) is 10.6. The van der Waals surface area contributed by atoms with Crippen molar-refractivity contribution < 1.29 is 26.3 Å². The van der Waals surface area contributed by atoms with E-state index in [9.17, 15) is 21.9 Å². The quantitative estimate of drug-likeness (QED) is 0.467. The van der Waals surface area contributed by atoms with Gasteiger partial charge in [0.1, 0.15) is 0 Å². The van der Waals surface area contributed by atoms with Crippen molar-refractivity contribution in [1.82, 2.24) is 0 Å². The van der Waals surface area contributed by atoms with E-state index in [1.54, 1.807) is 24.3 Å². The fourth-order valence-corrected chi connectivity index (χ4v) is 8.33. The van der Waals surface area contributed by atoms with Crippen molar-refractivity contribution in [3.8, 4) is 0 Å². The Morgan fingerprint density at radius 3 is 1.58 bits per heavy atom. The van der Waals surface area contributed by atoms with Crippen LogP contribution in [-0.4, -0.2) is 32.9 Å². The Bertz CT molecular complexity index is 1160. The molecule has 0 heterocycles. The van der Waals surface area contributed by atoms with Crippen LogP contribution in [0.5, 0.6) is 0 Å². The molecule has 0 amide bonds. The van der Waals surface area contributed by atoms with Crippen LogP contribution >= 0.6 is 15.9 Å². The zero-order chi connectivity index (χ0) is 22.7. The van der Waals surface area contributed by atoms with Crippen LogP contribution in [0.15, 0.2) is 99.2 Å². The molecule has 0 radical (unpaired) electrons. The highest BCUT2D eigenvalue weighted by Crippen LogP contribution is 2.48. The topological polar surface area (TPSA) is 88.5 Å². The van der Waals surface area contributed by atoms with E-state index in [0.717, 1.165) is 24.3 Å². The largest absolute Gasteiger partial charge is 0.396 e. The fourth-order valence-electron chi connectivity index (χ4n) is 3.40. The number of sulfone groups is 2. The second-order valence-corrected chi connectivity index (χ2v) is 12.2. The zero-order valence-corrected chi connectivity index (χ0v) is 19.4. The molecule has 0 bridgehead atoms. The van der Waals surface area contributed by atoms with Gasteiger partial charge in [0.15, 0.2) is 0 Å². The minimum Gasteiger partial charge on any atom is -0.396 e. The van der Waals surface area contributed by atoms with Crippen LogP contribution in [0.25, 0.3) is 0 Å². The van der Waals surface area contributed by atoms with Gasteiger partial charge in [-0.15, -0.1) is 0 Å². The summed E-state index contributed by atoms with van der Waals surface area (Å²) in [5.74, 6) is -1.68. The van der Waals surface area contributed by atoms with Crippen molar-refractivity contribution in [3.05, 3.63) is 95.0 Å². The SMILES string of the molecule is O=S(=O)(c1ccccc1)C(F)([C@@H](CCO)c1ccc(Br)cc1)S(=O)(=O)c1ccccc1. The van der Waals surface area contributed by atoms with Crippen LogP contribution < -0.4 is 0 Å². The number of hydrogen-bond donors (Lipinski definition) is 1. The van der Waals surface area contributed by atoms with E-state index in [-0.39, 0.29) is 5.56 Å². The van der Waals surface area contributed by atoms with Crippen LogP contribution in [0.1, 0.15) is 17.9 Å². The predicted octanol–water partition coefficient (Wildman–Crippen LogP) is 4.49. The van der Waals surface area contributed by atoms with Gasteiger partial charge in [0.2, 0.25) is 19.7 Å². The summed E-state index contributed by atoms with van der Waals surface area (Å²) in [6.45, 7) is -0.610. The highest BCUT2D eigenvalue weighted by Gasteiger charge is 2.62. The Kier molecular flexibility index (Phi) is 7.00. The normalized spacial score (nSPS) is 13.6. The van der Waals surface area contributed by atoms with Crippen molar-refractivity contribution in [2.75, 3.05) is 6.61 Å². The Labute approximate surface area is 189 Å². The number of halogens is 2. The summed E-state index contributed by atoms with van der Waals surface area (Å²) in [6, 6.07) is 19.3. The van der Waals surface area contributed by atoms with E-state index < -0.39 is 52.7 Å². The monoisotopic (exact) mass is 526 g/mol. The summed E-state index contributed by atoms with van der Waals surface area (Å²) in [4.78, 5) is -0.922. The Hall–Kier alpha value is -2.07. The Morgan fingerprint density at radius 2 is 1.19 bits per heavy atom. The van der Waals surface area contributed by atoms with Gasteiger partial charge in [0, 0.05) is 11.1 Å². The van der Waals surface area contributed by atoms with Gasteiger partial charge in [-0.1, -0.05) is 64.5 Å².